The number of aromatic nitrogens is 1. The Kier molecular flexibility index (Phi) is 6.22. The van der Waals surface area contributed by atoms with Crippen LogP contribution in [0, 0.1) is 6.92 Å². The van der Waals surface area contributed by atoms with Crippen molar-refractivity contribution in [1.82, 2.24) is 4.98 Å². The predicted molar refractivity (Wildman–Crippen MR) is 159 cm³/mol. The van der Waals surface area contributed by atoms with E-state index in [1.54, 1.807) is 18.3 Å². The van der Waals surface area contributed by atoms with E-state index in [2.05, 4.69) is 17.1 Å². The maximum atomic E-state index is 13.8. The number of hydrogen-bond donors (Lipinski definition) is 0. The molecule has 0 saturated heterocycles. The Labute approximate surface area is 249 Å². The first-order chi connectivity index (χ1) is 21.0. The Hall–Kier alpha value is -4.91. The third-order valence-electron chi connectivity index (χ3n) is 8.55. The third kappa shape index (κ3) is 4.29. The molecular formula is C37H23F6N. The van der Waals surface area contributed by atoms with Crippen LogP contribution in [0.5, 0.6) is 0 Å². The summed E-state index contributed by atoms with van der Waals surface area (Å²) in [5.41, 5.74) is 3.61. The van der Waals surface area contributed by atoms with Crippen LogP contribution in [0.15, 0.2) is 121 Å². The molecule has 0 fully saturated rings. The van der Waals surface area contributed by atoms with Crippen molar-refractivity contribution in [1.29, 1.82) is 0 Å². The molecule has 1 heterocycles. The lowest BCUT2D eigenvalue weighted by atomic mass is 9.67. The Morgan fingerprint density at radius 3 is 1.68 bits per heavy atom. The van der Waals surface area contributed by atoms with Gasteiger partial charge in [-0.1, -0.05) is 72.8 Å². The van der Waals surface area contributed by atoms with Crippen LogP contribution in [0.1, 0.15) is 38.9 Å². The third-order valence-corrected chi connectivity index (χ3v) is 8.55. The molecule has 0 bridgehead atoms. The van der Waals surface area contributed by atoms with Crippen molar-refractivity contribution in [2.45, 2.75) is 24.7 Å². The molecule has 0 N–H and O–H groups in total. The average Bonchev–Trinajstić information content (AvgIpc) is 3.29. The van der Waals surface area contributed by atoms with Crippen LogP contribution in [0.4, 0.5) is 26.3 Å². The second-order valence-electron chi connectivity index (χ2n) is 11.1. The minimum absolute atomic E-state index is 0.159. The molecule has 0 spiro atoms. The highest BCUT2D eigenvalue weighted by Crippen LogP contribution is 2.57. The van der Waals surface area contributed by atoms with Gasteiger partial charge in [0.15, 0.2) is 0 Å². The quantitative estimate of drug-likeness (QED) is 0.185. The van der Waals surface area contributed by atoms with Crippen molar-refractivity contribution in [2.75, 3.05) is 0 Å². The van der Waals surface area contributed by atoms with Gasteiger partial charge in [-0.2, -0.15) is 26.3 Å². The molecule has 7 heteroatoms. The molecule has 6 aromatic rings. The van der Waals surface area contributed by atoms with E-state index in [1.807, 2.05) is 79.7 Å². The van der Waals surface area contributed by atoms with Gasteiger partial charge in [-0.05, 0) is 99.5 Å². The van der Waals surface area contributed by atoms with Gasteiger partial charge in [0.2, 0.25) is 0 Å². The highest BCUT2D eigenvalue weighted by Gasteiger charge is 2.47. The molecule has 44 heavy (non-hydrogen) atoms. The van der Waals surface area contributed by atoms with Crippen molar-refractivity contribution >= 4 is 10.9 Å². The van der Waals surface area contributed by atoms with Crippen LogP contribution in [0.3, 0.4) is 0 Å². The zero-order chi connectivity index (χ0) is 30.9. The summed E-state index contributed by atoms with van der Waals surface area (Å²) in [7, 11) is 0. The Morgan fingerprint density at radius 2 is 1.11 bits per heavy atom. The van der Waals surface area contributed by atoms with Gasteiger partial charge in [-0.3, -0.25) is 4.98 Å². The van der Waals surface area contributed by atoms with E-state index in [1.165, 1.54) is 0 Å². The van der Waals surface area contributed by atoms with Crippen LogP contribution >= 0.6 is 0 Å². The molecule has 218 valence electrons. The monoisotopic (exact) mass is 595 g/mol. The van der Waals surface area contributed by atoms with Gasteiger partial charge in [0.1, 0.15) is 0 Å². The van der Waals surface area contributed by atoms with Crippen molar-refractivity contribution < 1.29 is 26.3 Å². The summed E-state index contributed by atoms with van der Waals surface area (Å²) >= 11 is 0. The molecule has 0 radical (unpaired) electrons. The highest BCUT2D eigenvalue weighted by atomic mass is 19.4. The molecule has 1 aliphatic rings. The molecule has 0 amide bonds. The number of benzene rings is 5. The van der Waals surface area contributed by atoms with Gasteiger partial charge in [-0.15, -0.1) is 0 Å². The number of rotatable bonds is 3. The van der Waals surface area contributed by atoms with Gasteiger partial charge in [0.25, 0.3) is 0 Å². The fourth-order valence-corrected chi connectivity index (χ4v) is 6.56. The van der Waals surface area contributed by atoms with Crippen LogP contribution in [0.2, 0.25) is 0 Å². The molecule has 0 atom stereocenters. The van der Waals surface area contributed by atoms with E-state index in [0.29, 0.717) is 0 Å². The summed E-state index contributed by atoms with van der Waals surface area (Å²) in [5, 5.41) is 0.964. The minimum Gasteiger partial charge on any atom is -0.256 e. The second kappa shape index (κ2) is 9.81. The maximum Gasteiger partial charge on any atom is 0.416 e. The van der Waals surface area contributed by atoms with Crippen molar-refractivity contribution in [3.05, 3.63) is 160 Å². The predicted octanol–water partition coefficient (Wildman–Crippen LogP) is 10.6. The van der Waals surface area contributed by atoms with Crippen molar-refractivity contribution in [3.8, 4) is 22.3 Å². The fourth-order valence-electron chi connectivity index (χ4n) is 6.56. The first-order valence-corrected chi connectivity index (χ1v) is 13.9. The van der Waals surface area contributed by atoms with E-state index in [0.717, 1.165) is 62.0 Å². The van der Waals surface area contributed by atoms with Gasteiger partial charge in [0, 0.05) is 11.6 Å². The number of fused-ring (bicyclic) bond motifs is 4. The van der Waals surface area contributed by atoms with E-state index in [4.69, 9.17) is 0 Å². The lowest BCUT2D eigenvalue weighted by Crippen LogP contribution is -2.28. The number of nitrogens with zero attached hydrogens (tertiary/aromatic N) is 1. The van der Waals surface area contributed by atoms with Crippen molar-refractivity contribution in [3.63, 3.8) is 0 Å². The summed E-state index contributed by atoms with van der Waals surface area (Å²) < 4.78 is 82.9. The maximum absolute atomic E-state index is 13.8. The standard InChI is InChI=1S/C37H23F6N/c1-22-14-15-44-34-21-33-31(20-30(22)34)29-13-12-23(24-16-27(36(38,39)40)19-28(17-24)37(41,42)43)18-32(29)35(33,25-8-4-2-5-9-25)26-10-6-3-7-11-26/h2-21H,1H3. The first-order valence-electron chi connectivity index (χ1n) is 13.9. The molecule has 7 rings (SSSR count). The summed E-state index contributed by atoms with van der Waals surface area (Å²) in [6.45, 7) is 2.00. The van der Waals surface area contributed by atoms with Gasteiger partial charge in [-0.25, -0.2) is 0 Å². The number of alkyl halides is 6. The average molecular weight is 596 g/mol. The van der Waals surface area contributed by atoms with Gasteiger partial charge >= 0.3 is 12.4 Å². The SMILES string of the molecule is Cc1ccnc2cc3c(cc12)-c1ccc(-c2cc(C(F)(F)F)cc(C(F)(F)F)c2)cc1C3(c1ccccc1)c1ccccc1. The highest BCUT2D eigenvalue weighted by molar-refractivity contribution is 5.96. The number of halogens is 6. The molecular weight excluding hydrogens is 572 g/mol. The molecule has 1 aromatic heterocycles. The number of hydrogen-bond acceptors (Lipinski definition) is 1. The smallest absolute Gasteiger partial charge is 0.256 e. The molecule has 1 nitrogen and oxygen atoms in total. The lowest BCUT2D eigenvalue weighted by Gasteiger charge is -2.34. The summed E-state index contributed by atoms with van der Waals surface area (Å²) in [6.07, 6.45) is -8.15. The Balaban J connectivity index is 1.59. The molecule has 1 aliphatic carbocycles. The zero-order valence-corrected chi connectivity index (χ0v) is 23.3. The number of aryl methyl sites for hydroxylation is 1. The Bertz CT molecular complexity index is 1970. The minimum atomic E-state index is -4.95. The summed E-state index contributed by atoms with van der Waals surface area (Å²) in [5.74, 6) is 0. The van der Waals surface area contributed by atoms with E-state index in [-0.39, 0.29) is 17.2 Å². The Morgan fingerprint density at radius 1 is 0.545 bits per heavy atom. The summed E-state index contributed by atoms with van der Waals surface area (Å²) in [6, 6.07) is 32.5. The van der Waals surface area contributed by atoms with Crippen LogP contribution < -0.4 is 0 Å². The normalized spacial score (nSPS) is 14.0. The lowest BCUT2D eigenvalue weighted by molar-refractivity contribution is -0.143. The van der Waals surface area contributed by atoms with E-state index >= 15 is 0 Å². The van der Waals surface area contributed by atoms with Crippen LogP contribution in [-0.2, 0) is 17.8 Å². The van der Waals surface area contributed by atoms with Crippen molar-refractivity contribution in [2.24, 2.45) is 0 Å². The summed E-state index contributed by atoms with van der Waals surface area (Å²) in [4.78, 5) is 4.65. The fraction of sp³-hybridized carbons (Fsp3) is 0.108. The first kappa shape index (κ1) is 27.9. The van der Waals surface area contributed by atoms with E-state index in [9.17, 15) is 26.3 Å². The van der Waals surface area contributed by atoms with Crippen LogP contribution in [-0.4, -0.2) is 4.98 Å². The molecule has 0 aliphatic heterocycles. The van der Waals surface area contributed by atoms with E-state index < -0.39 is 28.9 Å². The second-order valence-corrected chi connectivity index (χ2v) is 11.1. The topological polar surface area (TPSA) is 12.9 Å². The number of pyridine rings is 1. The molecule has 0 unspecified atom stereocenters. The van der Waals surface area contributed by atoms with Gasteiger partial charge in [0.05, 0.1) is 22.1 Å². The van der Waals surface area contributed by atoms with Crippen LogP contribution in [0.25, 0.3) is 33.2 Å². The largest absolute Gasteiger partial charge is 0.416 e. The molecule has 0 saturated carbocycles. The zero-order valence-electron chi connectivity index (χ0n) is 23.3. The van der Waals surface area contributed by atoms with Gasteiger partial charge < -0.3 is 0 Å². The molecule has 5 aromatic carbocycles.